The Labute approximate surface area is 166 Å². The number of carbonyl (C=O) groups excluding carboxylic acids is 1. The summed E-state index contributed by atoms with van der Waals surface area (Å²) in [5, 5.41) is 22.9. The number of allylic oxidation sites excluding steroid dienone is 2. The van der Waals surface area contributed by atoms with Gasteiger partial charge in [0.2, 0.25) is 5.90 Å². The molecule has 1 aliphatic heterocycles. The molecular weight excluding hydrogens is 366 g/mol. The Morgan fingerprint density at radius 1 is 1.14 bits per heavy atom. The highest BCUT2D eigenvalue weighted by atomic mass is 16.5. The minimum absolute atomic E-state index is 0.00213. The van der Waals surface area contributed by atoms with Crippen molar-refractivity contribution in [3.8, 4) is 17.4 Å². The van der Waals surface area contributed by atoms with Gasteiger partial charge >= 0.3 is 0 Å². The number of rotatable bonds is 2. The lowest BCUT2D eigenvalue weighted by Gasteiger charge is -2.34. The average molecular weight is 383 g/mol. The van der Waals surface area contributed by atoms with Gasteiger partial charge in [-0.1, -0.05) is 41.6 Å². The van der Waals surface area contributed by atoms with Gasteiger partial charge < -0.3 is 9.26 Å². The molecule has 0 spiro atoms. The minimum Gasteiger partial charge on any atom is -0.446 e. The second-order valence-electron chi connectivity index (χ2n) is 7.32. The zero-order chi connectivity index (χ0) is 20.0. The second kappa shape index (κ2) is 6.71. The number of hydrogen-bond acceptors (Lipinski definition) is 6. The van der Waals surface area contributed by atoms with E-state index in [-0.39, 0.29) is 11.7 Å². The molecule has 6 heteroatoms. The molecule has 0 bridgehead atoms. The summed E-state index contributed by atoms with van der Waals surface area (Å²) < 4.78 is 11.2. The molecule has 0 saturated heterocycles. The van der Waals surface area contributed by atoms with Crippen molar-refractivity contribution in [3.05, 3.63) is 65.4 Å². The van der Waals surface area contributed by atoms with Gasteiger partial charge in [0.05, 0.1) is 11.5 Å². The van der Waals surface area contributed by atoms with E-state index in [9.17, 15) is 10.1 Å². The van der Waals surface area contributed by atoms with E-state index in [4.69, 9.17) is 14.7 Å². The normalized spacial score (nSPS) is 21.6. The van der Waals surface area contributed by atoms with Crippen LogP contribution in [0.3, 0.4) is 0 Å². The average Bonchev–Trinajstić information content (AvgIpc) is 3.17. The number of ketones is 1. The molecule has 1 aliphatic carbocycles. The molecule has 6 nitrogen and oxygen atoms in total. The summed E-state index contributed by atoms with van der Waals surface area (Å²) in [6, 6.07) is 17.5. The third-order valence-corrected chi connectivity index (χ3v) is 5.60. The number of benzene rings is 2. The van der Waals surface area contributed by atoms with Gasteiger partial charge in [-0.2, -0.15) is 5.26 Å². The summed E-state index contributed by atoms with van der Waals surface area (Å²) in [7, 11) is 0. The van der Waals surface area contributed by atoms with Crippen molar-refractivity contribution in [1.82, 2.24) is 5.16 Å². The first kappa shape index (κ1) is 17.4. The molecule has 0 amide bonds. The maximum absolute atomic E-state index is 12.7. The summed E-state index contributed by atoms with van der Waals surface area (Å²) in [5.74, 6) is -0.281. The molecule has 0 radical (unpaired) electrons. The molecule has 29 heavy (non-hydrogen) atoms. The third kappa shape index (κ3) is 2.74. The summed E-state index contributed by atoms with van der Waals surface area (Å²) in [6.07, 6.45) is 1.76. The second-order valence-corrected chi connectivity index (χ2v) is 7.32. The van der Waals surface area contributed by atoms with E-state index in [1.165, 1.54) is 0 Å². The van der Waals surface area contributed by atoms with E-state index >= 15 is 0 Å². The van der Waals surface area contributed by atoms with Crippen LogP contribution in [-0.2, 0) is 9.53 Å². The Balaban J connectivity index is 1.70. The van der Waals surface area contributed by atoms with Crippen LogP contribution in [0, 0.1) is 22.7 Å². The molecule has 3 aromatic rings. The topological polar surface area (TPSA) is 100.0 Å². The van der Waals surface area contributed by atoms with Crippen LogP contribution in [0.4, 0.5) is 0 Å². The highest BCUT2D eigenvalue weighted by Crippen LogP contribution is 2.44. The molecule has 2 atom stereocenters. The SMILES string of the molecule is N#C[C@H]1C(=N)OC2=C(C(=O)CCC2)[C@@H]1c1ccc2noc(-c3ccccc3)c2c1. The molecule has 2 heterocycles. The van der Waals surface area contributed by atoms with E-state index in [0.717, 1.165) is 16.5 Å². The lowest BCUT2D eigenvalue weighted by molar-refractivity contribution is -0.116. The largest absolute Gasteiger partial charge is 0.446 e. The number of nitrogens with zero attached hydrogens (tertiary/aromatic N) is 2. The van der Waals surface area contributed by atoms with Crippen molar-refractivity contribution < 1.29 is 14.1 Å². The fraction of sp³-hybridized carbons (Fsp3) is 0.217. The summed E-state index contributed by atoms with van der Waals surface area (Å²) in [6.45, 7) is 0. The number of ether oxygens (including phenoxy) is 1. The fourth-order valence-corrected chi connectivity index (χ4v) is 4.24. The molecule has 0 saturated carbocycles. The van der Waals surface area contributed by atoms with Gasteiger partial charge in [-0.3, -0.25) is 10.2 Å². The summed E-state index contributed by atoms with van der Waals surface area (Å²) in [4.78, 5) is 12.7. The van der Waals surface area contributed by atoms with Crippen LogP contribution in [0.15, 0.2) is 64.4 Å². The van der Waals surface area contributed by atoms with Crippen LogP contribution >= 0.6 is 0 Å². The lowest BCUT2D eigenvalue weighted by Crippen LogP contribution is -2.34. The van der Waals surface area contributed by atoms with Crippen molar-refractivity contribution in [1.29, 1.82) is 10.7 Å². The van der Waals surface area contributed by atoms with Crippen molar-refractivity contribution >= 4 is 22.6 Å². The zero-order valence-corrected chi connectivity index (χ0v) is 15.5. The minimum atomic E-state index is -0.840. The lowest BCUT2D eigenvalue weighted by atomic mass is 9.74. The molecule has 0 fully saturated rings. The molecule has 142 valence electrons. The van der Waals surface area contributed by atoms with Crippen molar-refractivity contribution in [2.24, 2.45) is 5.92 Å². The maximum Gasteiger partial charge on any atom is 0.205 e. The van der Waals surface area contributed by atoms with E-state index in [1.807, 2.05) is 48.5 Å². The predicted octanol–water partition coefficient (Wildman–Crippen LogP) is 4.73. The number of aromatic nitrogens is 1. The molecular formula is C23H17N3O3. The van der Waals surface area contributed by atoms with Crippen LogP contribution in [0.5, 0.6) is 0 Å². The van der Waals surface area contributed by atoms with Crippen LogP contribution in [0.1, 0.15) is 30.7 Å². The monoisotopic (exact) mass is 383 g/mol. The van der Waals surface area contributed by atoms with Crippen LogP contribution in [0.2, 0.25) is 0 Å². The Bertz CT molecular complexity index is 1220. The van der Waals surface area contributed by atoms with Gasteiger partial charge in [0.15, 0.2) is 11.5 Å². The predicted molar refractivity (Wildman–Crippen MR) is 106 cm³/mol. The maximum atomic E-state index is 12.7. The number of fused-ring (bicyclic) bond motifs is 1. The van der Waals surface area contributed by atoms with Crippen molar-refractivity contribution in [2.75, 3.05) is 0 Å². The Kier molecular flexibility index (Phi) is 4.02. The molecule has 2 aliphatic rings. The first-order valence-corrected chi connectivity index (χ1v) is 9.54. The van der Waals surface area contributed by atoms with Crippen molar-refractivity contribution in [2.45, 2.75) is 25.2 Å². The number of hydrogen-bond donors (Lipinski definition) is 1. The van der Waals surface area contributed by atoms with E-state index in [0.29, 0.717) is 41.9 Å². The molecule has 2 aromatic carbocycles. The first-order valence-electron chi connectivity index (χ1n) is 9.54. The van der Waals surface area contributed by atoms with Crippen LogP contribution in [0.25, 0.3) is 22.2 Å². The van der Waals surface area contributed by atoms with Crippen LogP contribution in [-0.4, -0.2) is 16.8 Å². The quantitative estimate of drug-likeness (QED) is 0.689. The van der Waals surface area contributed by atoms with Gasteiger partial charge in [-0.25, -0.2) is 0 Å². The smallest absolute Gasteiger partial charge is 0.205 e. The van der Waals surface area contributed by atoms with Gasteiger partial charge in [-0.15, -0.1) is 0 Å². The number of nitrogens with one attached hydrogen (secondary N) is 1. The number of Topliss-reactive ketones (excluding diaryl/α,β-unsaturated/α-hetero) is 1. The molecule has 0 unspecified atom stereocenters. The summed E-state index contributed by atoms with van der Waals surface area (Å²) >= 11 is 0. The van der Waals surface area contributed by atoms with E-state index < -0.39 is 11.8 Å². The highest BCUT2D eigenvalue weighted by Gasteiger charge is 2.42. The number of nitriles is 1. The summed E-state index contributed by atoms with van der Waals surface area (Å²) in [5.41, 5.74) is 2.93. The van der Waals surface area contributed by atoms with Gasteiger partial charge in [-0.05, 0) is 24.1 Å². The fourth-order valence-electron chi connectivity index (χ4n) is 4.24. The highest BCUT2D eigenvalue weighted by molar-refractivity contribution is 6.02. The zero-order valence-electron chi connectivity index (χ0n) is 15.5. The standard InChI is InChI=1S/C23H17N3O3/c24-12-16-20(21-18(27)7-4-8-19(21)28-23(16)25)14-9-10-17-15(11-14)22(29-26-17)13-5-2-1-3-6-13/h1-3,5-6,9-11,16,20,25H,4,7-8H2/t16-,20-/m1/s1. The Morgan fingerprint density at radius 2 is 1.97 bits per heavy atom. The van der Waals surface area contributed by atoms with Gasteiger partial charge in [0, 0.05) is 29.9 Å². The van der Waals surface area contributed by atoms with Gasteiger partial charge in [0.1, 0.15) is 17.2 Å². The first-order chi connectivity index (χ1) is 14.2. The molecule has 5 rings (SSSR count). The third-order valence-electron chi connectivity index (χ3n) is 5.60. The van der Waals surface area contributed by atoms with E-state index in [2.05, 4.69) is 11.2 Å². The Morgan fingerprint density at radius 3 is 2.76 bits per heavy atom. The van der Waals surface area contributed by atoms with Gasteiger partial charge in [0.25, 0.3) is 0 Å². The van der Waals surface area contributed by atoms with Crippen molar-refractivity contribution in [3.63, 3.8) is 0 Å². The Hall–Kier alpha value is -3.72. The number of carbonyl (C=O) groups is 1. The van der Waals surface area contributed by atoms with Crippen LogP contribution < -0.4 is 0 Å². The molecule has 1 aromatic heterocycles. The van der Waals surface area contributed by atoms with E-state index in [1.54, 1.807) is 0 Å². The molecule has 1 N–H and O–H groups in total.